The van der Waals surface area contributed by atoms with Crippen molar-refractivity contribution in [1.82, 2.24) is 15.0 Å². The van der Waals surface area contributed by atoms with Gasteiger partial charge in [-0.25, -0.2) is 19.7 Å². The van der Waals surface area contributed by atoms with E-state index in [-0.39, 0.29) is 22.8 Å². The van der Waals surface area contributed by atoms with Crippen LogP contribution in [-0.4, -0.2) is 45.2 Å². The zero-order valence-corrected chi connectivity index (χ0v) is 17.8. The molecule has 0 unspecified atom stereocenters. The Hall–Kier alpha value is -3.10. The summed E-state index contributed by atoms with van der Waals surface area (Å²) in [6.07, 6.45) is 2.89. The lowest BCUT2D eigenvalue weighted by Crippen LogP contribution is -2.39. The Bertz CT molecular complexity index is 1100. The summed E-state index contributed by atoms with van der Waals surface area (Å²) in [6, 6.07) is 10.1. The largest absolute Gasteiger partial charge is 0.490 e. The number of halogens is 2. The van der Waals surface area contributed by atoms with Crippen LogP contribution < -0.4 is 15.4 Å². The molecule has 160 valence electrons. The summed E-state index contributed by atoms with van der Waals surface area (Å²) in [5, 5.41) is 10.1. The molecule has 0 radical (unpaired) electrons. The number of hydrogen-bond donors (Lipinski definition) is 2. The monoisotopic (exact) mass is 459 g/mol. The fraction of sp³-hybridized carbons (Fsp3) is 0.238. The highest BCUT2D eigenvalue weighted by molar-refractivity contribution is 6.34. The molecule has 2 aromatic heterocycles. The number of rotatable bonds is 5. The number of pyridine rings is 1. The standard InChI is InChI=1S/C21H19Cl2N5O3/c22-14-4-1-5-16(18(14)15-11-17(23)27-21(24)26-15)31-12-6-9-28(10-7-12)19-13(20(29)30)3-2-8-25-19/h1-5,8,11-12H,6-7,9-10H2,(H,29,30)(H2,24,26,27). The summed E-state index contributed by atoms with van der Waals surface area (Å²) in [4.78, 5) is 25.8. The topological polar surface area (TPSA) is 114 Å². The maximum absolute atomic E-state index is 11.5. The molecule has 0 atom stereocenters. The number of carboxylic acid groups (broad SMARTS) is 1. The van der Waals surface area contributed by atoms with Crippen molar-refractivity contribution in [1.29, 1.82) is 0 Å². The predicted octanol–water partition coefficient (Wildman–Crippen LogP) is 4.17. The van der Waals surface area contributed by atoms with Crippen LogP contribution in [0.15, 0.2) is 42.6 Å². The third-order valence-corrected chi connectivity index (χ3v) is 5.50. The second-order valence-corrected chi connectivity index (χ2v) is 7.83. The third kappa shape index (κ3) is 4.65. The number of aromatic carboxylic acids is 1. The van der Waals surface area contributed by atoms with Gasteiger partial charge >= 0.3 is 5.97 Å². The van der Waals surface area contributed by atoms with Gasteiger partial charge < -0.3 is 20.5 Å². The molecule has 1 aliphatic rings. The molecular weight excluding hydrogens is 441 g/mol. The molecule has 1 aromatic carbocycles. The van der Waals surface area contributed by atoms with E-state index in [0.717, 1.165) is 0 Å². The zero-order chi connectivity index (χ0) is 22.0. The number of nitrogen functional groups attached to an aromatic ring is 1. The average Bonchev–Trinajstić information content (AvgIpc) is 2.73. The van der Waals surface area contributed by atoms with Crippen molar-refractivity contribution in [3.8, 4) is 17.0 Å². The molecule has 3 N–H and O–H groups in total. The first-order valence-corrected chi connectivity index (χ1v) is 10.4. The quantitative estimate of drug-likeness (QED) is 0.546. The maximum atomic E-state index is 11.5. The Balaban J connectivity index is 1.52. The predicted molar refractivity (Wildman–Crippen MR) is 119 cm³/mol. The molecule has 0 spiro atoms. The molecule has 3 heterocycles. The highest BCUT2D eigenvalue weighted by atomic mass is 35.5. The number of carboxylic acids is 1. The Morgan fingerprint density at radius 3 is 2.65 bits per heavy atom. The minimum absolute atomic E-state index is 0.0475. The van der Waals surface area contributed by atoms with Crippen LogP contribution in [0.5, 0.6) is 5.75 Å². The van der Waals surface area contributed by atoms with Gasteiger partial charge in [0, 0.05) is 38.2 Å². The summed E-state index contributed by atoms with van der Waals surface area (Å²) < 4.78 is 6.27. The van der Waals surface area contributed by atoms with Gasteiger partial charge in [0.05, 0.1) is 16.3 Å². The number of hydrogen-bond acceptors (Lipinski definition) is 7. The van der Waals surface area contributed by atoms with E-state index in [4.69, 9.17) is 33.7 Å². The number of nitrogens with two attached hydrogens (primary N) is 1. The third-order valence-electron chi connectivity index (χ3n) is 5.00. The van der Waals surface area contributed by atoms with Gasteiger partial charge in [0.15, 0.2) is 0 Å². The Morgan fingerprint density at radius 2 is 1.94 bits per heavy atom. The van der Waals surface area contributed by atoms with E-state index < -0.39 is 5.97 Å². The van der Waals surface area contributed by atoms with E-state index in [1.807, 2.05) is 11.0 Å². The number of anilines is 2. The van der Waals surface area contributed by atoms with Crippen LogP contribution in [0.1, 0.15) is 23.2 Å². The van der Waals surface area contributed by atoms with E-state index in [1.54, 1.807) is 36.5 Å². The first-order valence-electron chi connectivity index (χ1n) is 9.61. The molecule has 31 heavy (non-hydrogen) atoms. The molecule has 1 aliphatic heterocycles. The van der Waals surface area contributed by atoms with Crippen molar-refractivity contribution in [2.75, 3.05) is 23.7 Å². The fourth-order valence-electron chi connectivity index (χ4n) is 3.60. The molecule has 0 amide bonds. The van der Waals surface area contributed by atoms with Crippen molar-refractivity contribution in [3.05, 3.63) is 58.3 Å². The number of nitrogens with zero attached hydrogens (tertiary/aromatic N) is 4. The Morgan fingerprint density at radius 1 is 1.16 bits per heavy atom. The van der Waals surface area contributed by atoms with Gasteiger partial charge in [0.1, 0.15) is 28.4 Å². The van der Waals surface area contributed by atoms with Crippen LogP contribution in [0.3, 0.4) is 0 Å². The van der Waals surface area contributed by atoms with E-state index in [2.05, 4.69) is 15.0 Å². The second kappa shape index (κ2) is 8.95. The minimum atomic E-state index is -0.993. The Labute approximate surface area is 188 Å². The summed E-state index contributed by atoms with van der Waals surface area (Å²) in [7, 11) is 0. The molecule has 4 rings (SSSR count). The molecule has 1 fully saturated rings. The van der Waals surface area contributed by atoms with Gasteiger partial charge in [0.2, 0.25) is 5.95 Å². The van der Waals surface area contributed by atoms with Gasteiger partial charge in [0.25, 0.3) is 0 Å². The summed E-state index contributed by atoms with van der Waals surface area (Å²) >= 11 is 12.5. The van der Waals surface area contributed by atoms with Crippen molar-refractivity contribution in [3.63, 3.8) is 0 Å². The summed E-state index contributed by atoms with van der Waals surface area (Å²) in [5.41, 5.74) is 7.01. The lowest BCUT2D eigenvalue weighted by atomic mass is 10.1. The van der Waals surface area contributed by atoms with Crippen molar-refractivity contribution in [2.24, 2.45) is 0 Å². The molecule has 0 aliphatic carbocycles. The minimum Gasteiger partial charge on any atom is -0.490 e. The summed E-state index contributed by atoms with van der Waals surface area (Å²) in [6.45, 7) is 1.23. The summed E-state index contributed by atoms with van der Waals surface area (Å²) in [5.74, 6) is 0.103. The van der Waals surface area contributed by atoms with Crippen molar-refractivity contribution in [2.45, 2.75) is 18.9 Å². The SMILES string of the molecule is Nc1nc(Cl)cc(-c2c(Cl)cccc2OC2CCN(c3ncccc3C(=O)O)CC2)n1. The lowest BCUT2D eigenvalue weighted by molar-refractivity contribution is 0.0697. The number of aromatic nitrogens is 3. The average molecular weight is 460 g/mol. The number of ether oxygens (including phenoxy) is 1. The lowest BCUT2D eigenvalue weighted by Gasteiger charge is -2.33. The van der Waals surface area contributed by atoms with Gasteiger partial charge in [-0.3, -0.25) is 0 Å². The van der Waals surface area contributed by atoms with Gasteiger partial charge in [-0.05, 0) is 24.3 Å². The molecule has 10 heteroatoms. The van der Waals surface area contributed by atoms with Gasteiger partial charge in [-0.2, -0.15) is 0 Å². The van der Waals surface area contributed by atoms with Crippen LogP contribution in [0.2, 0.25) is 10.2 Å². The van der Waals surface area contributed by atoms with Crippen LogP contribution in [0.4, 0.5) is 11.8 Å². The molecule has 8 nitrogen and oxygen atoms in total. The van der Waals surface area contributed by atoms with E-state index in [9.17, 15) is 9.90 Å². The van der Waals surface area contributed by atoms with E-state index in [1.165, 1.54) is 0 Å². The highest BCUT2D eigenvalue weighted by Gasteiger charge is 2.26. The Kier molecular flexibility index (Phi) is 6.11. The number of carbonyl (C=O) groups is 1. The van der Waals surface area contributed by atoms with Crippen LogP contribution in [0.25, 0.3) is 11.3 Å². The van der Waals surface area contributed by atoms with Crippen LogP contribution in [0, 0.1) is 0 Å². The number of piperidine rings is 1. The smallest absolute Gasteiger partial charge is 0.339 e. The molecule has 0 saturated carbocycles. The fourth-order valence-corrected chi connectivity index (χ4v) is 4.05. The highest BCUT2D eigenvalue weighted by Crippen LogP contribution is 2.38. The van der Waals surface area contributed by atoms with Crippen molar-refractivity contribution < 1.29 is 14.6 Å². The van der Waals surface area contributed by atoms with Gasteiger partial charge in [-0.15, -0.1) is 0 Å². The molecule has 0 bridgehead atoms. The maximum Gasteiger partial charge on any atom is 0.339 e. The first-order chi connectivity index (χ1) is 14.9. The van der Waals surface area contributed by atoms with Crippen LogP contribution in [-0.2, 0) is 0 Å². The first kappa shape index (κ1) is 21.1. The van der Waals surface area contributed by atoms with Crippen LogP contribution >= 0.6 is 23.2 Å². The molecular formula is C21H19Cl2N5O3. The molecule has 3 aromatic rings. The molecule has 1 saturated heterocycles. The number of benzene rings is 1. The van der Waals surface area contributed by atoms with Crippen molar-refractivity contribution >= 4 is 40.9 Å². The van der Waals surface area contributed by atoms with Gasteiger partial charge in [-0.1, -0.05) is 29.3 Å². The van der Waals surface area contributed by atoms with E-state index in [0.29, 0.717) is 53.8 Å². The second-order valence-electron chi connectivity index (χ2n) is 7.03. The normalized spacial score (nSPS) is 14.5. The zero-order valence-electron chi connectivity index (χ0n) is 16.3. The van der Waals surface area contributed by atoms with E-state index >= 15 is 0 Å².